The SMILES string of the molecule is O=C(N[C@H](CO)Cc1ccc(O)cc1)c1cccnc1. The van der Waals surface area contributed by atoms with Gasteiger partial charge >= 0.3 is 0 Å². The van der Waals surface area contributed by atoms with E-state index < -0.39 is 0 Å². The van der Waals surface area contributed by atoms with Crippen LogP contribution in [0.15, 0.2) is 48.8 Å². The third kappa shape index (κ3) is 3.80. The number of phenolic OH excluding ortho intramolecular Hbond substituents is 1. The van der Waals surface area contributed by atoms with Gasteiger partial charge in [-0.3, -0.25) is 9.78 Å². The van der Waals surface area contributed by atoms with Gasteiger partial charge in [0, 0.05) is 12.4 Å². The Kier molecular flexibility index (Phi) is 4.68. The molecule has 1 aromatic carbocycles. The fourth-order valence-corrected chi connectivity index (χ4v) is 1.84. The Hall–Kier alpha value is -2.40. The topological polar surface area (TPSA) is 82.5 Å². The van der Waals surface area contributed by atoms with Crippen molar-refractivity contribution in [1.82, 2.24) is 10.3 Å². The number of carbonyl (C=O) groups is 1. The first-order valence-corrected chi connectivity index (χ1v) is 6.28. The molecule has 3 N–H and O–H groups in total. The number of aliphatic hydroxyl groups excluding tert-OH is 1. The van der Waals surface area contributed by atoms with E-state index in [1.54, 1.807) is 42.6 Å². The normalized spacial score (nSPS) is 11.8. The molecule has 0 unspecified atom stereocenters. The summed E-state index contributed by atoms with van der Waals surface area (Å²) in [6.45, 7) is -0.160. The van der Waals surface area contributed by atoms with E-state index in [0.717, 1.165) is 5.56 Å². The van der Waals surface area contributed by atoms with Crippen LogP contribution >= 0.6 is 0 Å². The Morgan fingerprint density at radius 2 is 2.00 bits per heavy atom. The molecule has 0 aliphatic rings. The molecule has 1 aromatic heterocycles. The van der Waals surface area contributed by atoms with Crippen molar-refractivity contribution >= 4 is 5.91 Å². The first-order valence-electron chi connectivity index (χ1n) is 6.28. The van der Waals surface area contributed by atoms with Crippen molar-refractivity contribution in [3.8, 4) is 5.75 Å². The lowest BCUT2D eigenvalue weighted by atomic mass is 10.1. The molecule has 0 saturated carbocycles. The average molecular weight is 272 g/mol. The molecule has 0 aliphatic heterocycles. The van der Waals surface area contributed by atoms with Crippen molar-refractivity contribution in [2.75, 3.05) is 6.61 Å². The highest BCUT2D eigenvalue weighted by Gasteiger charge is 2.13. The van der Waals surface area contributed by atoms with Gasteiger partial charge in [-0.05, 0) is 36.2 Å². The highest BCUT2D eigenvalue weighted by molar-refractivity contribution is 5.94. The van der Waals surface area contributed by atoms with E-state index in [4.69, 9.17) is 0 Å². The number of hydrogen-bond acceptors (Lipinski definition) is 4. The summed E-state index contributed by atoms with van der Waals surface area (Å²) in [5, 5.41) is 21.3. The fourth-order valence-electron chi connectivity index (χ4n) is 1.84. The first-order chi connectivity index (χ1) is 9.69. The van der Waals surface area contributed by atoms with Crippen molar-refractivity contribution in [2.24, 2.45) is 0 Å². The molecule has 2 aromatic rings. The highest BCUT2D eigenvalue weighted by atomic mass is 16.3. The van der Waals surface area contributed by atoms with Crippen LogP contribution in [-0.4, -0.2) is 33.8 Å². The molecule has 2 rings (SSSR count). The fraction of sp³-hybridized carbons (Fsp3) is 0.200. The number of rotatable bonds is 5. The molecule has 5 heteroatoms. The molecule has 1 heterocycles. The second kappa shape index (κ2) is 6.68. The number of phenols is 1. The van der Waals surface area contributed by atoms with Crippen LogP contribution in [0.5, 0.6) is 5.75 Å². The van der Waals surface area contributed by atoms with E-state index in [0.29, 0.717) is 12.0 Å². The van der Waals surface area contributed by atoms with Crippen LogP contribution in [0.4, 0.5) is 0 Å². The van der Waals surface area contributed by atoms with Crippen LogP contribution in [0.25, 0.3) is 0 Å². The van der Waals surface area contributed by atoms with E-state index in [-0.39, 0.29) is 24.3 Å². The van der Waals surface area contributed by atoms with Crippen molar-refractivity contribution in [1.29, 1.82) is 0 Å². The van der Waals surface area contributed by atoms with Crippen molar-refractivity contribution < 1.29 is 15.0 Å². The van der Waals surface area contributed by atoms with Gasteiger partial charge in [0.05, 0.1) is 18.2 Å². The van der Waals surface area contributed by atoms with Crippen molar-refractivity contribution in [3.63, 3.8) is 0 Å². The van der Waals surface area contributed by atoms with Crippen LogP contribution < -0.4 is 5.32 Å². The average Bonchev–Trinajstić information content (AvgIpc) is 2.49. The lowest BCUT2D eigenvalue weighted by Crippen LogP contribution is -2.39. The Bertz CT molecular complexity index is 555. The molecular weight excluding hydrogens is 256 g/mol. The van der Waals surface area contributed by atoms with Gasteiger partial charge in [0.25, 0.3) is 5.91 Å². The molecule has 5 nitrogen and oxygen atoms in total. The summed E-state index contributed by atoms with van der Waals surface area (Å²) < 4.78 is 0. The molecule has 0 spiro atoms. The number of aliphatic hydroxyl groups is 1. The molecule has 1 atom stereocenters. The summed E-state index contributed by atoms with van der Waals surface area (Å²) in [7, 11) is 0. The number of nitrogens with zero attached hydrogens (tertiary/aromatic N) is 1. The molecular formula is C15H16N2O3. The number of nitrogens with one attached hydrogen (secondary N) is 1. The summed E-state index contributed by atoms with van der Waals surface area (Å²) in [5.41, 5.74) is 1.38. The minimum atomic E-state index is -0.382. The van der Waals surface area contributed by atoms with Gasteiger partial charge in [-0.15, -0.1) is 0 Å². The monoisotopic (exact) mass is 272 g/mol. The van der Waals surface area contributed by atoms with Crippen molar-refractivity contribution in [3.05, 3.63) is 59.9 Å². The van der Waals surface area contributed by atoms with E-state index in [1.165, 1.54) is 6.20 Å². The van der Waals surface area contributed by atoms with E-state index >= 15 is 0 Å². The molecule has 0 bridgehead atoms. The standard InChI is InChI=1S/C15H16N2O3/c18-10-13(8-11-3-5-14(19)6-4-11)17-15(20)12-2-1-7-16-9-12/h1-7,9,13,18-19H,8,10H2,(H,17,20)/t13-/m0/s1. The lowest BCUT2D eigenvalue weighted by Gasteiger charge is -2.16. The minimum absolute atomic E-state index is 0.160. The predicted octanol–water partition coefficient (Wildman–Crippen LogP) is 1.12. The second-order valence-electron chi connectivity index (χ2n) is 4.47. The quantitative estimate of drug-likeness (QED) is 0.761. The maximum atomic E-state index is 12.0. The summed E-state index contributed by atoms with van der Waals surface area (Å²) in [6.07, 6.45) is 3.56. The maximum absolute atomic E-state index is 12.0. The molecule has 0 aliphatic carbocycles. The number of amides is 1. The van der Waals surface area contributed by atoms with Crippen LogP contribution in [0.1, 0.15) is 15.9 Å². The third-order valence-electron chi connectivity index (χ3n) is 2.90. The van der Waals surface area contributed by atoms with Crippen LogP contribution in [0.3, 0.4) is 0 Å². The second-order valence-corrected chi connectivity index (χ2v) is 4.47. The van der Waals surface area contributed by atoms with Crippen LogP contribution in [0.2, 0.25) is 0 Å². The number of pyridine rings is 1. The Balaban J connectivity index is 1.99. The summed E-state index contributed by atoms with van der Waals surface area (Å²) in [4.78, 5) is 15.8. The van der Waals surface area contributed by atoms with Gasteiger partial charge in [0.15, 0.2) is 0 Å². The maximum Gasteiger partial charge on any atom is 0.253 e. The van der Waals surface area contributed by atoms with Crippen molar-refractivity contribution in [2.45, 2.75) is 12.5 Å². The van der Waals surface area contributed by atoms with E-state index in [1.807, 2.05) is 0 Å². The van der Waals surface area contributed by atoms with Gasteiger partial charge < -0.3 is 15.5 Å². The summed E-state index contributed by atoms with van der Waals surface area (Å²) in [5.74, 6) is -0.0791. The zero-order valence-electron chi connectivity index (χ0n) is 10.9. The van der Waals surface area contributed by atoms with Gasteiger partial charge in [0.1, 0.15) is 5.75 Å². The number of carbonyl (C=O) groups excluding carboxylic acids is 1. The largest absolute Gasteiger partial charge is 0.508 e. The van der Waals surface area contributed by atoms with E-state index in [9.17, 15) is 15.0 Å². The molecule has 0 fully saturated rings. The molecule has 0 radical (unpaired) electrons. The van der Waals surface area contributed by atoms with Gasteiger partial charge in [-0.2, -0.15) is 0 Å². The molecule has 104 valence electrons. The third-order valence-corrected chi connectivity index (χ3v) is 2.90. The number of hydrogen-bond donors (Lipinski definition) is 3. The van der Waals surface area contributed by atoms with Crippen LogP contribution in [0, 0.1) is 0 Å². The number of aromatic hydroxyl groups is 1. The lowest BCUT2D eigenvalue weighted by molar-refractivity contribution is 0.0916. The number of benzene rings is 1. The number of aromatic nitrogens is 1. The zero-order valence-corrected chi connectivity index (χ0v) is 10.9. The predicted molar refractivity (Wildman–Crippen MR) is 74.4 cm³/mol. The van der Waals surface area contributed by atoms with Crippen LogP contribution in [-0.2, 0) is 6.42 Å². The summed E-state index contributed by atoms with van der Waals surface area (Å²) >= 11 is 0. The zero-order chi connectivity index (χ0) is 14.4. The summed E-state index contributed by atoms with van der Waals surface area (Å²) in [6, 6.07) is 9.63. The highest BCUT2D eigenvalue weighted by Crippen LogP contribution is 2.11. The van der Waals surface area contributed by atoms with Gasteiger partial charge in [-0.25, -0.2) is 0 Å². The van der Waals surface area contributed by atoms with Gasteiger partial charge in [-0.1, -0.05) is 12.1 Å². The Morgan fingerprint density at radius 3 is 2.60 bits per heavy atom. The minimum Gasteiger partial charge on any atom is -0.508 e. The molecule has 0 saturated heterocycles. The smallest absolute Gasteiger partial charge is 0.253 e. The Labute approximate surface area is 116 Å². The first kappa shape index (κ1) is 14.0. The molecule has 1 amide bonds. The van der Waals surface area contributed by atoms with E-state index in [2.05, 4.69) is 10.3 Å². The molecule has 20 heavy (non-hydrogen) atoms. The van der Waals surface area contributed by atoms with Gasteiger partial charge in [0.2, 0.25) is 0 Å². The Morgan fingerprint density at radius 1 is 1.25 bits per heavy atom.